The maximum atomic E-state index is 10.1. The molecule has 192 valence electrons. The van der Waals surface area contributed by atoms with Crippen LogP contribution >= 0.6 is 0 Å². The van der Waals surface area contributed by atoms with E-state index >= 15 is 0 Å². The van der Waals surface area contributed by atoms with Gasteiger partial charge in [-0.1, -0.05) is 0 Å². The maximum Gasteiger partial charge on any atom is 1.00 e. The van der Waals surface area contributed by atoms with E-state index in [1.54, 1.807) is 0 Å². The van der Waals surface area contributed by atoms with Gasteiger partial charge in [0.2, 0.25) is 0 Å². The Kier molecular flexibility index (Phi) is 108. The van der Waals surface area contributed by atoms with Crippen molar-refractivity contribution in [2.24, 2.45) is 0 Å². The molecule has 0 spiro atoms. The van der Waals surface area contributed by atoms with Crippen molar-refractivity contribution >= 4 is 17.9 Å². The Balaban J connectivity index is -0.0000000191. The molecule has 0 bridgehead atoms. The summed E-state index contributed by atoms with van der Waals surface area (Å²) >= 11 is 0. The van der Waals surface area contributed by atoms with Crippen LogP contribution in [0.5, 0.6) is 0 Å². The predicted molar refractivity (Wildman–Crippen MR) is 67.5 cm³/mol. The fourth-order valence-corrected chi connectivity index (χ4v) is 0.684. The van der Waals surface area contributed by atoms with Crippen LogP contribution in [0.4, 0.5) is 0 Å². The third-order valence-corrected chi connectivity index (χ3v) is 1.25. The normalized spacial score (nSPS) is 6.45. The molecule has 0 amide bonds. The number of aliphatic carboxylic acids is 3. The van der Waals surface area contributed by atoms with Crippen molar-refractivity contribution in [2.75, 3.05) is 0 Å². The molecule has 0 radical (unpaired) electrons. The topological polar surface area (TPSA) is 402 Å². The molecular weight excluding hydrogens is 795 g/mol. The second-order valence-electron chi connectivity index (χ2n) is 3.09. The van der Waals surface area contributed by atoms with Crippen molar-refractivity contribution in [1.29, 1.82) is 0 Å². The monoisotopic (exact) mass is 801 g/mol. The van der Waals surface area contributed by atoms with E-state index in [0.29, 0.717) is 0 Å². The third-order valence-electron chi connectivity index (χ3n) is 1.25. The Morgan fingerprint density at radius 1 is 0.606 bits per heavy atom. The first-order valence-electron chi connectivity index (χ1n) is 4.76. The summed E-state index contributed by atoms with van der Waals surface area (Å²) < 4.78 is 0. The van der Waals surface area contributed by atoms with Crippen molar-refractivity contribution < 1.29 is 217 Å². The molecule has 27 heteroatoms. The summed E-state index contributed by atoms with van der Waals surface area (Å²) in [5.74, 6) is -5.98. The molecule has 21 nitrogen and oxygen atoms in total. The zero-order valence-corrected chi connectivity index (χ0v) is 26.7. The van der Waals surface area contributed by atoms with Gasteiger partial charge in [0.25, 0.3) is 0 Å². The van der Waals surface area contributed by atoms with Gasteiger partial charge in [0.15, 0.2) is 0 Å². The molecule has 0 saturated heterocycles. The van der Waals surface area contributed by atoms with Gasteiger partial charge in [-0.25, -0.2) is 0 Å². The van der Waals surface area contributed by atoms with Crippen LogP contribution in [0, 0.1) is 46.0 Å². The molecule has 0 heterocycles. The van der Waals surface area contributed by atoms with Gasteiger partial charge in [-0.05, 0) is 0 Å². The Bertz CT molecular complexity index is 460. The van der Waals surface area contributed by atoms with Gasteiger partial charge in [0.05, 0.1) is 21.2 Å². The average molecular weight is 804 g/mol. The fraction of sp³-hybridized carbons (Fsp3) is 0.500. The number of aliphatic hydroxyl groups is 1. The van der Waals surface area contributed by atoms with Crippen molar-refractivity contribution in [3.63, 3.8) is 0 Å². The van der Waals surface area contributed by atoms with E-state index < -0.39 is 51.6 Å². The number of hydrogen-bond donors (Lipinski definition) is 1. The second kappa shape index (κ2) is 46.5. The second-order valence-corrected chi connectivity index (χ2v) is 3.09. The quantitative estimate of drug-likeness (QED) is 0.153. The summed E-state index contributed by atoms with van der Waals surface area (Å²) in [6.07, 6.45) is -2.72. The van der Waals surface area contributed by atoms with Crippen LogP contribution in [0.1, 0.15) is 12.8 Å². The van der Waals surface area contributed by atoms with Crippen molar-refractivity contribution in [3.8, 4) is 0 Å². The van der Waals surface area contributed by atoms with E-state index in [4.69, 9.17) is 51.1 Å². The van der Waals surface area contributed by atoms with Crippen molar-refractivity contribution in [2.45, 2.75) is 18.4 Å². The summed E-state index contributed by atoms with van der Waals surface area (Å²) in [5.41, 5.74) is -2.97. The number of carboxylic acid groups (broad SMARTS) is 3. The molecule has 0 aliphatic rings. The van der Waals surface area contributed by atoms with E-state index in [2.05, 4.69) is 0 Å². The first-order valence-corrected chi connectivity index (χ1v) is 4.76. The van der Waals surface area contributed by atoms with Crippen LogP contribution in [0.25, 0.3) is 0 Å². The number of rotatable bonds is 5. The van der Waals surface area contributed by atoms with Gasteiger partial charge >= 0.3 is 156 Å². The zero-order chi connectivity index (χ0) is 21.4. The Morgan fingerprint density at radius 3 is 0.788 bits per heavy atom. The molecule has 0 aromatic carbocycles. The van der Waals surface area contributed by atoms with Crippen LogP contribution in [0.15, 0.2) is 0 Å². The summed E-state index contributed by atoms with van der Waals surface area (Å²) in [6.45, 7) is 0. The maximum absolute atomic E-state index is 10.1. The van der Waals surface area contributed by atoms with E-state index in [-0.39, 0.29) is 167 Å². The molecule has 0 rings (SSSR count). The molecule has 0 unspecified atom stereocenters. The van der Waals surface area contributed by atoms with Gasteiger partial charge in [0, 0.05) is 24.8 Å². The van der Waals surface area contributed by atoms with Gasteiger partial charge in [-0.15, -0.1) is 0 Å². The zero-order valence-electron chi connectivity index (χ0n) is 16.2. The summed E-state index contributed by atoms with van der Waals surface area (Å²) in [4.78, 5) is 54.7. The molecule has 33 heavy (non-hydrogen) atoms. The summed E-state index contributed by atoms with van der Waals surface area (Å²) in [6, 6.07) is 0. The number of carbonyl (C=O) groups is 3. The summed E-state index contributed by atoms with van der Waals surface area (Å²) in [5, 5.41) is 83.2. The van der Waals surface area contributed by atoms with Gasteiger partial charge in [0.1, 0.15) is 5.60 Å². The number of carbonyl (C=O) groups excluding carboxylic acids is 3. The number of nitrogens with zero attached hydrogens (tertiary/aromatic N) is 3. The van der Waals surface area contributed by atoms with Crippen LogP contribution in [-0.4, -0.2) is 54.8 Å². The van der Waals surface area contributed by atoms with Gasteiger partial charge < -0.3 is 91.7 Å². The van der Waals surface area contributed by atoms with E-state index in [1.165, 1.54) is 0 Å². The Hall–Kier alpha value is 1.11. The molecule has 0 aromatic rings. The SMILES string of the molecule is O.O.O=C([O-])CC(O)(CC(=O)[O-])C(=O)[O-].O=[N+]([O-])[O-].O=[N+]([O-])[O-].O=[N+]([O-])[O-].[Ag+].[Ag+].[Ag+].[Na+].[Na+].[Na+]. The van der Waals surface area contributed by atoms with Crippen LogP contribution in [0.3, 0.4) is 0 Å². The third kappa shape index (κ3) is 109. The molecule has 0 aromatic heterocycles. The minimum absolute atomic E-state index is 0. The Labute approximate surface area is 295 Å². The number of carboxylic acids is 3. The van der Waals surface area contributed by atoms with Gasteiger partial charge in [-0.3, -0.25) is 0 Å². The molecule has 0 aliphatic heterocycles. The molecule has 5 N–H and O–H groups in total. The minimum Gasteiger partial charge on any atom is -0.550 e. The largest absolute Gasteiger partial charge is 1.00 e. The minimum atomic E-state index is -2.97. The smallest absolute Gasteiger partial charge is 0.550 e. The predicted octanol–water partition coefficient (Wildman–Crippen LogP) is -16.6. The average Bonchev–Trinajstić information content (AvgIpc) is 2.22. The van der Waals surface area contributed by atoms with E-state index in [1.807, 2.05) is 0 Å². The Morgan fingerprint density at radius 2 is 0.727 bits per heavy atom. The van der Waals surface area contributed by atoms with Crippen molar-refractivity contribution in [1.82, 2.24) is 0 Å². The van der Waals surface area contributed by atoms with Crippen molar-refractivity contribution in [3.05, 3.63) is 46.0 Å². The first-order chi connectivity index (χ1) is 11.0. The van der Waals surface area contributed by atoms with Crippen LogP contribution in [-0.2, 0) is 81.5 Å². The fourth-order valence-electron chi connectivity index (χ4n) is 0.684. The standard InChI is InChI=1S/C6H8O7.3Ag.3NO3.3Na.2H2O/c7-3(8)1-6(13,5(11)12)2-4(9)10;;;;3*2-1(3)4;;;;;/h13H,1-2H2,(H,7,8)(H,9,10)(H,11,12);;;;;;;;;;2*1H2/q;3*+1;3*-1;3*+1;;/p-3. The molecule has 0 aliphatic carbocycles. The van der Waals surface area contributed by atoms with E-state index in [0.717, 1.165) is 0 Å². The molecule has 0 atom stereocenters. The van der Waals surface area contributed by atoms with Gasteiger partial charge in [-0.2, -0.15) is 0 Å². The first kappa shape index (κ1) is 76.5. The van der Waals surface area contributed by atoms with E-state index in [9.17, 15) is 29.7 Å². The number of hydrogen-bond acceptors (Lipinski definition) is 16. The van der Waals surface area contributed by atoms with Crippen LogP contribution in [0.2, 0.25) is 0 Å². The van der Waals surface area contributed by atoms with Crippen LogP contribution < -0.4 is 104 Å². The summed E-state index contributed by atoms with van der Waals surface area (Å²) in [7, 11) is 0. The molecular formula is C6H9Ag3N3Na3O18. The molecule has 0 fully saturated rings. The molecule has 0 saturated carbocycles.